The number of hydrogen-bond acceptors (Lipinski definition) is 4. The predicted octanol–water partition coefficient (Wildman–Crippen LogP) is 3.95. The Bertz CT molecular complexity index is 593. The number of carbonyl (C=O) groups is 1. The van der Waals surface area contributed by atoms with E-state index in [0.29, 0.717) is 0 Å². The van der Waals surface area contributed by atoms with Gasteiger partial charge < -0.3 is 10.4 Å². The number of carboxylic acid groups (broad SMARTS) is 1. The van der Waals surface area contributed by atoms with Crippen LogP contribution >= 0.6 is 23.1 Å². The van der Waals surface area contributed by atoms with E-state index in [1.54, 1.807) is 23.1 Å². The topological polar surface area (TPSA) is 49.3 Å². The molecule has 0 saturated heterocycles. The second-order valence-electron chi connectivity index (χ2n) is 4.81. The molecule has 0 aliphatic carbocycles. The van der Waals surface area contributed by atoms with E-state index < -0.39 is 5.97 Å². The highest BCUT2D eigenvalue weighted by molar-refractivity contribution is 7.98. The van der Waals surface area contributed by atoms with Crippen molar-refractivity contribution in [2.75, 3.05) is 6.26 Å². The normalized spacial score (nSPS) is 12.3. The quantitative estimate of drug-likeness (QED) is 0.758. The van der Waals surface area contributed by atoms with E-state index in [-0.39, 0.29) is 12.5 Å². The highest BCUT2D eigenvalue weighted by Gasteiger charge is 2.08. The average Bonchev–Trinajstić information content (AvgIpc) is 2.91. The fourth-order valence-electron chi connectivity index (χ4n) is 2.03. The molecule has 5 heteroatoms. The third kappa shape index (κ3) is 4.88. The van der Waals surface area contributed by atoms with Crippen LogP contribution in [0.1, 0.15) is 28.3 Å². The molecule has 2 rings (SSSR count). The lowest BCUT2D eigenvalue weighted by Gasteiger charge is -2.14. The molecule has 21 heavy (non-hydrogen) atoms. The van der Waals surface area contributed by atoms with Gasteiger partial charge in [0.05, 0.1) is 6.42 Å². The van der Waals surface area contributed by atoms with Gasteiger partial charge in [0.25, 0.3) is 0 Å². The van der Waals surface area contributed by atoms with Gasteiger partial charge >= 0.3 is 5.97 Å². The zero-order chi connectivity index (χ0) is 15.2. The smallest absolute Gasteiger partial charge is 0.308 e. The number of carboxylic acids is 1. The predicted molar refractivity (Wildman–Crippen MR) is 89.1 cm³/mol. The molecular weight excluding hydrogens is 302 g/mol. The summed E-state index contributed by atoms with van der Waals surface area (Å²) in [6, 6.07) is 12.7. The molecule has 1 aromatic carbocycles. The van der Waals surface area contributed by atoms with Crippen molar-refractivity contribution < 1.29 is 9.90 Å². The largest absolute Gasteiger partial charge is 0.481 e. The van der Waals surface area contributed by atoms with Crippen molar-refractivity contribution in [2.45, 2.75) is 30.8 Å². The van der Waals surface area contributed by atoms with Gasteiger partial charge in [-0.05, 0) is 43.0 Å². The molecule has 0 aliphatic rings. The van der Waals surface area contributed by atoms with Crippen molar-refractivity contribution in [1.82, 2.24) is 5.32 Å². The van der Waals surface area contributed by atoms with E-state index in [2.05, 4.69) is 42.8 Å². The highest BCUT2D eigenvalue weighted by atomic mass is 32.2. The van der Waals surface area contributed by atoms with Crippen molar-refractivity contribution in [3.8, 4) is 0 Å². The minimum Gasteiger partial charge on any atom is -0.481 e. The van der Waals surface area contributed by atoms with Crippen LogP contribution in [-0.2, 0) is 17.8 Å². The number of rotatable bonds is 7. The summed E-state index contributed by atoms with van der Waals surface area (Å²) in [6.07, 6.45) is 2.18. The molecule has 1 atom stereocenters. The summed E-state index contributed by atoms with van der Waals surface area (Å²) in [4.78, 5) is 14.0. The third-order valence-electron chi connectivity index (χ3n) is 3.24. The molecule has 0 fully saturated rings. The van der Waals surface area contributed by atoms with E-state index in [4.69, 9.17) is 5.11 Å². The van der Waals surface area contributed by atoms with Crippen LogP contribution in [0, 0.1) is 0 Å². The maximum absolute atomic E-state index is 10.7. The van der Waals surface area contributed by atoms with E-state index in [9.17, 15) is 4.79 Å². The van der Waals surface area contributed by atoms with Gasteiger partial charge in [0.15, 0.2) is 0 Å². The SMILES string of the molecule is CSc1ccc(C(C)NCc2ccc(CC(=O)O)s2)cc1. The first-order chi connectivity index (χ1) is 10.1. The zero-order valence-electron chi connectivity index (χ0n) is 12.1. The summed E-state index contributed by atoms with van der Waals surface area (Å²) in [5.74, 6) is -0.779. The lowest BCUT2D eigenvalue weighted by molar-refractivity contribution is -0.136. The van der Waals surface area contributed by atoms with Crippen LogP contribution in [0.3, 0.4) is 0 Å². The molecule has 2 N–H and O–H groups in total. The lowest BCUT2D eigenvalue weighted by Crippen LogP contribution is -2.17. The van der Waals surface area contributed by atoms with E-state index in [1.165, 1.54) is 15.3 Å². The van der Waals surface area contributed by atoms with Gasteiger partial charge in [0.1, 0.15) is 0 Å². The molecule has 3 nitrogen and oxygen atoms in total. The molecule has 1 unspecified atom stereocenters. The second kappa shape index (κ2) is 7.64. The lowest BCUT2D eigenvalue weighted by atomic mass is 10.1. The van der Waals surface area contributed by atoms with Crippen LogP contribution in [-0.4, -0.2) is 17.3 Å². The minimum atomic E-state index is -0.779. The fraction of sp³-hybridized carbons (Fsp3) is 0.312. The standard InChI is InChI=1S/C16H19NO2S2/c1-11(12-3-5-13(20-2)6-4-12)17-10-15-8-7-14(21-15)9-16(18)19/h3-8,11,17H,9-10H2,1-2H3,(H,18,19). The first kappa shape index (κ1) is 16.1. The Morgan fingerprint density at radius 3 is 2.52 bits per heavy atom. The molecule has 2 aromatic rings. The number of thiophene rings is 1. The van der Waals surface area contributed by atoms with Gasteiger partial charge in [-0.1, -0.05) is 12.1 Å². The summed E-state index contributed by atoms with van der Waals surface area (Å²) in [6.45, 7) is 2.90. The summed E-state index contributed by atoms with van der Waals surface area (Å²) in [7, 11) is 0. The van der Waals surface area contributed by atoms with Gasteiger partial charge in [-0.25, -0.2) is 0 Å². The van der Waals surface area contributed by atoms with E-state index >= 15 is 0 Å². The number of hydrogen-bond donors (Lipinski definition) is 2. The van der Waals surface area contributed by atoms with Crippen LogP contribution in [0.25, 0.3) is 0 Å². The number of nitrogens with one attached hydrogen (secondary N) is 1. The van der Waals surface area contributed by atoms with Crippen LogP contribution in [0.4, 0.5) is 0 Å². The van der Waals surface area contributed by atoms with Crippen molar-refractivity contribution in [3.05, 3.63) is 51.7 Å². The zero-order valence-corrected chi connectivity index (χ0v) is 13.8. The number of aliphatic carboxylic acids is 1. The Kier molecular flexibility index (Phi) is 5.85. The fourth-order valence-corrected chi connectivity index (χ4v) is 3.39. The molecule has 0 spiro atoms. The first-order valence-corrected chi connectivity index (χ1v) is 8.79. The van der Waals surface area contributed by atoms with Gasteiger partial charge in [0, 0.05) is 27.2 Å². The minimum absolute atomic E-state index is 0.108. The monoisotopic (exact) mass is 321 g/mol. The summed E-state index contributed by atoms with van der Waals surface area (Å²) in [5, 5.41) is 12.3. The van der Waals surface area contributed by atoms with E-state index in [1.807, 2.05) is 12.1 Å². The van der Waals surface area contributed by atoms with Crippen molar-refractivity contribution in [2.24, 2.45) is 0 Å². The third-order valence-corrected chi connectivity index (χ3v) is 5.07. The Hall–Kier alpha value is -1.30. The van der Waals surface area contributed by atoms with Crippen molar-refractivity contribution in [1.29, 1.82) is 0 Å². The summed E-state index contributed by atoms with van der Waals surface area (Å²) in [5.41, 5.74) is 1.26. The van der Waals surface area contributed by atoms with Crippen LogP contribution in [0.15, 0.2) is 41.3 Å². The van der Waals surface area contributed by atoms with Gasteiger partial charge in [0.2, 0.25) is 0 Å². The van der Waals surface area contributed by atoms with Gasteiger partial charge in [-0.2, -0.15) is 0 Å². The van der Waals surface area contributed by atoms with Gasteiger partial charge in [-0.3, -0.25) is 4.79 Å². The molecule has 1 aromatic heterocycles. The molecule has 0 aliphatic heterocycles. The molecule has 0 bridgehead atoms. The molecule has 0 radical (unpaired) electrons. The Morgan fingerprint density at radius 2 is 1.90 bits per heavy atom. The van der Waals surface area contributed by atoms with E-state index in [0.717, 1.165) is 11.4 Å². The Morgan fingerprint density at radius 1 is 1.24 bits per heavy atom. The maximum Gasteiger partial charge on any atom is 0.308 e. The summed E-state index contributed by atoms with van der Waals surface area (Å²) >= 11 is 3.30. The molecule has 1 heterocycles. The van der Waals surface area contributed by atoms with Gasteiger partial charge in [-0.15, -0.1) is 23.1 Å². The number of thioether (sulfide) groups is 1. The Balaban J connectivity index is 1.89. The Labute approximate surface area is 133 Å². The first-order valence-electron chi connectivity index (χ1n) is 6.75. The average molecular weight is 321 g/mol. The second-order valence-corrected chi connectivity index (χ2v) is 6.95. The molecule has 0 amide bonds. The van der Waals surface area contributed by atoms with Crippen LogP contribution in [0.5, 0.6) is 0 Å². The molecule has 0 saturated carbocycles. The van der Waals surface area contributed by atoms with Crippen LogP contribution < -0.4 is 5.32 Å². The van der Waals surface area contributed by atoms with Crippen molar-refractivity contribution in [3.63, 3.8) is 0 Å². The highest BCUT2D eigenvalue weighted by Crippen LogP contribution is 2.21. The number of benzene rings is 1. The maximum atomic E-state index is 10.7. The molecular formula is C16H19NO2S2. The molecule has 112 valence electrons. The summed E-state index contributed by atoms with van der Waals surface area (Å²) < 4.78 is 0. The van der Waals surface area contributed by atoms with Crippen LogP contribution in [0.2, 0.25) is 0 Å². The van der Waals surface area contributed by atoms with Crippen molar-refractivity contribution >= 4 is 29.1 Å².